The van der Waals surface area contributed by atoms with E-state index in [1.165, 1.54) is 0 Å². The van der Waals surface area contributed by atoms with Gasteiger partial charge in [0.05, 0.1) is 22.4 Å². The molecule has 7 heteroatoms. The molecule has 0 radical (unpaired) electrons. The van der Waals surface area contributed by atoms with E-state index in [0.29, 0.717) is 11.3 Å². The Labute approximate surface area is 321 Å². The Balaban J connectivity index is 0.00000143. The van der Waals surface area contributed by atoms with E-state index in [1.807, 2.05) is 61.5 Å². The van der Waals surface area contributed by atoms with Crippen LogP contribution in [-0.2, 0) is 0 Å². The van der Waals surface area contributed by atoms with Crippen LogP contribution in [0.4, 0.5) is 17.6 Å². The first kappa shape index (κ1) is 35.9. The number of para-hydroxylation sites is 2. The highest BCUT2D eigenvalue weighted by Crippen LogP contribution is 2.37. The number of fused-ring (bicyclic) bond motifs is 3. The molecule has 0 unspecified atom stereocenters. The normalized spacial score (nSPS) is 11.0. The van der Waals surface area contributed by atoms with Gasteiger partial charge in [0.15, 0.2) is 5.82 Å². The summed E-state index contributed by atoms with van der Waals surface area (Å²) in [4.78, 5) is 9.22. The van der Waals surface area contributed by atoms with Gasteiger partial charge in [-0.1, -0.05) is 91.0 Å². The molecule has 0 N–H and O–H groups in total. The maximum Gasteiger partial charge on any atom is 0.160 e. The van der Waals surface area contributed by atoms with Gasteiger partial charge in [0.25, 0.3) is 0 Å². The van der Waals surface area contributed by atoms with E-state index in [4.69, 9.17) is 4.98 Å². The van der Waals surface area contributed by atoms with E-state index in [2.05, 4.69) is 82.9 Å². The van der Waals surface area contributed by atoms with Crippen molar-refractivity contribution in [1.29, 1.82) is 0 Å². The fourth-order valence-corrected chi connectivity index (χ4v) is 7.02. The average Bonchev–Trinajstić information content (AvgIpc) is 3.55. The van der Waals surface area contributed by atoms with Crippen LogP contribution in [0.15, 0.2) is 176 Å². The number of rotatable bonds is 6. The van der Waals surface area contributed by atoms with Gasteiger partial charge in [-0.2, -0.15) is 0 Å². The molecule has 0 aliphatic heterocycles. The maximum absolute atomic E-state index is 14.4. The highest BCUT2D eigenvalue weighted by atomic mass is 19.1. The molecule has 2 aromatic heterocycles. The first-order valence-corrected chi connectivity index (χ1v) is 18.0. The summed E-state index contributed by atoms with van der Waals surface area (Å²) in [6, 6.07) is 48.9. The summed E-state index contributed by atoms with van der Waals surface area (Å²) in [6.45, 7) is 5.25. The van der Waals surface area contributed by atoms with E-state index in [9.17, 15) is 17.6 Å². The van der Waals surface area contributed by atoms with Crippen molar-refractivity contribution < 1.29 is 17.6 Å². The summed E-state index contributed by atoms with van der Waals surface area (Å²) in [5, 5.41) is 2.31. The Hall–Kier alpha value is -7.12. The highest BCUT2D eigenvalue weighted by Gasteiger charge is 2.17. The zero-order valence-corrected chi connectivity index (χ0v) is 30.2. The Morgan fingerprint density at radius 3 is 1.46 bits per heavy atom. The molecule has 0 fully saturated rings. The molecule has 0 aliphatic carbocycles. The molecule has 9 rings (SSSR count). The van der Waals surface area contributed by atoms with Crippen LogP contribution in [0.25, 0.3) is 83.6 Å². The summed E-state index contributed by atoms with van der Waals surface area (Å²) >= 11 is 0. The average molecular weight is 740 g/mol. The van der Waals surface area contributed by atoms with Crippen molar-refractivity contribution in [3.05, 3.63) is 200 Å². The lowest BCUT2D eigenvalue weighted by atomic mass is 9.96. The van der Waals surface area contributed by atoms with Crippen molar-refractivity contribution in [2.24, 2.45) is 0 Å². The van der Waals surface area contributed by atoms with Crippen LogP contribution in [0, 0.1) is 23.3 Å². The molecule has 272 valence electrons. The SMILES string of the molecule is C=CC.Fc1cc(F)cc(-c2cc(-c3cccc(-c4cc(-c5ccccc5)cc(-n5c6ccccc6c6ccccc65)c4)c3)nc(-c3cc(F)cc(F)c3)n2)c1. The van der Waals surface area contributed by atoms with Crippen LogP contribution in [0.1, 0.15) is 6.92 Å². The largest absolute Gasteiger partial charge is 0.309 e. The first-order valence-electron chi connectivity index (χ1n) is 18.0. The van der Waals surface area contributed by atoms with Gasteiger partial charge in [-0.05, 0) is 95.9 Å². The molecular weight excluding hydrogens is 707 g/mol. The van der Waals surface area contributed by atoms with Crippen molar-refractivity contribution in [3.8, 4) is 61.8 Å². The van der Waals surface area contributed by atoms with Gasteiger partial charge in [0.1, 0.15) is 23.3 Å². The monoisotopic (exact) mass is 739 g/mol. The zero-order valence-electron chi connectivity index (χ0n) is 30.2. The minimum atomic E-state index is -0.799. The second-order valence-corrected chi connectivity index (χ2v) is 13.3. The lowest BCUT2D eigenvalue weighted by Crippen LogP contribution is -1.98. The van der Waals surface area contributed by atoms with E-state index < -0.39 is 23.3 Å². The van der Waals surface area contributed by atoms with Gasteiger partial charge in [-0.3, -0.25) is 0 Å². The number of aromatic nitrogens is 3. The third-order valence-corrected chi connectivity index (χ3v) is 9.36. The third kappa shape index (κ3) is 7.22. The Morgan fingerprint density at radius 1 is 0.429 bits per heavy atom. The van der Waals surface area contributed by atoms with Crippen LogP contribution < -0.4 is 0 Å². The van der Waals surface area contributed by atoms with Crippen molar-refractivity contribution in [3.63, 3.8) is 0 Å². The van der Waals surface area contributed by atoms with Crippen molar-refractivity contribution >= 4 is 21.8 Å². The van der Waals surface area contributed by atoms with Gasteiger partial charge in [-0.25, -0.2) is 27.5 Å². The standard InChI is InChI=1S/C46H27F4N3.C3H6/c47-35-19-33(20-36(48)25-35)43-27-42(51-46(52-43)34-21-37(49)26-38(50)22-34)30-12-8-11-29(17-30)32-18-31(28-9-2-1-3-10-28)23-39(24-32)53-44-15-6-4-13-40(44)41-14-5-7-16-45(41)53;1-3-2/h1-27H;3H,1H2,2H3. The molecule has 56 heavy (non-hydrogen) atoms. The predicted molar refractivity (Wildman–Crippen MR) is 219 cm³/mol. The second kappa shape index (κ2) is 15.3. The fourth-order valence-electron chi connectivity index (χ4n) is 7.02. The van der Waals surface area contributed by atoms with Crippen LogP contribution in [0.3, 0.4) is 0 Å². The Bertz CT molecular complexity index is 2730. The molecule has 0 aliphatic rings. The molecule has 0 atom stereocenters. The number of halogens is 4. The molecular formula is C49H33F4N3. The van der Waals surface area contributed by atoms with Crippen molar-refractivity contribution in [2.75, 3.05) is 0 Å². The lowest BCUT2D eigenvalue weighted by molar-refractivity contribution is 0.583. The molecule has 2 heterocycles. The zero-order chi connectivity index (χ0) is 38.8. The minimum Gasteiger partial charge on any atom is -0.309 e. The van der Waals surface area contributed by atoms with Gasteiger partial charge in [0.2, 0.25) is 0 Å². The van der Waals surface area contributed by atoms with Crippen molar-refractivity contribution in [1.82, 2.24) is 14.5 Å². The highest BCUT2D eigenvalue weighted by molar-refractivity contribution is 6.09. The fraction of sp³-hybridized carbons (Fsp3) is 0.0204. The summed E-state index contributed by atoms with van der Waals surface area (Å²) in [5.41, 5.74) is 8.58. The molecule has 0 bridgehead atoms. The van der Waals surface area contributed by atoms with Crippen LogP contribution >= 0.6 is 0 Å². The van der Waals surface area contributed by atoms with E-state index in [-0.39, 0.29) is 22.6 Å². The first-order chi connectivity index (χ1) is 27.3. The number of hydrogen-bond acceptors (Lipinski definition) is 2. The molecule has 3 nitrogen and oxygen atoms in total. The maximum atomic E-state index is 14.4. The van der Waals surface area contributed by atoms with Gasteiger partial charge < -0.3 is 4.57 Å². The Kier molecular flexibility index (Phi) is 9.82. The van der Waals surface area contributed by atoms with Crippen LogP contribution in [-0.4, -0.2) is 14.5 Å². The van der Waals surface area contributed by atoms with Gasteiger partial charge >= 0.3 is 0 Å². The smallest absolute Gasteiger partial charge is 0.160 e. The lowest BCUT2D eigenvalue weighted by Gasteiger charge is -2.15. The molecule has 9 aromatic rings. The number of allylic oxidation sites excluding steroid dienone is 1. The molecule has 0 spiro atoms. The minimum absolute atomic E-state index is 0.00528. The summed E-state index contributed by atoms with van der Waals surface area (Å²) < 4.78 is 59.8. The molecule has 0 amide bonds. The quantitative estimate of drug-likeness (QED) is 0.126. The summed E-state index contributed by atoms with van der Waals surface area (Å²) in [5.74, 6) is -3.15. The number of hydrogen-bond donors (Lipinski definition) is 0. The summed E-state index contributed by atoms with van der Waals surface area (Å²) in [6.07, 6.45) is 1.75. The van der Waals surface area contributed by atoms with Crippen LogP contribution in [0.2, 0.25) is 0 Å². The Morgan fingerprint density at radius 2 is 0.875 bits per heavy atom. The van der Waals surface area contributed by atoms with E-state index in [1.54, 1.807) is 12.1 Å². The van der Waals surface area contributed by atoms with Gasteiger partial charge in [0, 0.05) is 45.3 Å². The van der Waals surface area contributed by atoms with Crippen LogP contribution in [0.5, 0.6) is 0 Å². The molecule has 7 aromatic carbocycles. The van der Waals surface area contributed by atoms with Crippen molar-refractivity contribution in [2.45, 2.75) is 6.92 Å². The van der Waals surface area contributed by atoms with E-state index >= 15 is 0 Å². The molecule has 0 saturated heterocycles. The van der Waals surface area contributed by atoms with Gasteiger partial charge in [-0.15, -0.1) is 6.58 Å². The molecule has 0 saturated carbocycles. The number of nitrogens with zero attached hydrogens (tertiary/aromatic N) is 3. The van der Waals surface area contributed by atoms with E-state index in [0.717, 1.165) is 86.1 Å². The topological polar surface area (TPSA) is 30.7 Å². The summed E-state index contributed by atoms with van der Waals surface area (Å²) in [7, 11) is 0. The predicted octanol–water partition coefficient (Wildman–Crippen LogP) is 13.7. The second-order valence-electron chi connectivity index (χ2n) is 13.3. The number of benzene rings is 7. The third-order valence-electron chi connectivity index (χ3n) is 9.36.